The number of phenolic OH excluding ortho intramolecular Hbond substituents is 1. The van der Waals surface area contributed by atoms with E-state index in [0.717, 1.165) is 18.5 Å². The van der Waals surface area contributed by atoms with E-state index in [4.69, 9.17) is 10.5 Å². The summed E-state index contributed by atoms with van der Waals surface area (Å²) in [5.74, 6) is -2.93. The monoisotopic (exact) mass is 500 g/mol. The molecule has 13 nitrogen and oxygen atoms in total. The zero-order valence-electron chi connectivity index (χ0n) is 17.0. The summed E-state index contributed by atoms with van der Waals surface area (Å²) in [6.45, 7) is -0.912. The van der Waals surface area contributed by atoms with Crippen LogP contribution in [0.5, 0.6) is 5.75 Å². The zero-order valence-corrected chi connectivity index (χ0v) is 17.8. The van der Waals surface area contributed by atoms with Crippen LogP contribution in [-0.4, -0.2) is 79.2 Å². The summed E-state index contributed by atoms with van der Waals surface area (Å²) >= 11 is 0. The van der Waals surface area contributed by atoms with Crippen LogP contribution >= 0.6 is 0 Å². The van der Waals surface area contributed by atoms with E-state index < -0.39 is 63.5 Å². The number of hydrogen-bond acceptors (Lipinski definition) is 11. The van der Waals surface area contributed by atoms with Crippen LogP contribution in [0.15, 0.2) is 36.9 Å². The number of benzene rings is 1. The van der Waals surface area contributed by atoms with Gasteiger partial charge in [-0.2, -0.15) is 8.78 Å². The quantitative estimate of drug-likeness (QED) is 0.252. The molecule has 0 aliphatic carbocycles. The van der Waals surface area contributed by atoms with Gasteiger partial charge in [0.15, 0.2) is 17.7 Å². The maximum absolute atomic E-state index is 14.5. The SMILES string of the molecule is Nc1ncnc2c1ncn2[C@@H]1O[C@H](CNS(=O)(=O)C(F)(F)C(=O)c2ccccc2O)[C@@H](O)[C@H]1O. The highest BCUT2D eigenvalue weighted by atomic mass is 32.2. The highest BCUT2D eigenvalue weighted by Crippen LogP contribution is 2.33. The van der Waals surface area contributed by atoms with Crippen LogP contribution < -0.4 is 10.5 Å². The van der Waals surface area contributed by atoms with Gasteiger partial charge in [-0.25, -0.2) is 28.1 Å². The van der Waals surface area contributed by atoms with E-state index in [1.807, 2.05) is 0 Å². The number of halogens is 2. The fourth-order valence-corrected chi connectivity index (χ4v) is 4.33. The average molecular weight is 500 g/mol. The Bertz CT molecular complexity index is 1350. The molecule has 34 heavy (non-hydrogen) atoms. The number of nitrogens with two attached hydrogens (primary N) is 1. The lowest BCUT2D eigenvalue weighted by Gasteiger charge is -2.20. The molecular formula is C18H18F2N6O7S. The first-order valence-corrected chi connectivity index (χ1v) is 11.1. The third-order valence-electron chi connectivity index (χ3n) is 5.22. The summed E-state index contributed by atoms with van der Waals surface area (Å²) in [6, 6.07) is 4.23. The number of nitrogens with zero attached hydrogens (tertiary/aromatic N) is 4. The molecule has 0 radical (unpaired) electrons. The maximum atomic E-state index is 14.5. The Morgan fingerprint density at radius 1 is 1.21 bits per heavy atom. The number of para-hydroxylation sites is 1. The molecule has 0 amide bonds. The van der Waals surface area contributed by atoms with Crippen molar-refractivity contribution in [3.05, 3.63) is 42.5 Å². The summed E-state index contributed by atoms with van der Waals surface area (Å²) < 4.78 is 61.7. The van der Waals surface area contributed by atoms with Gasteiger partial charge in [-0.15, -0.1) is 0 Å². The molecular weight excluding hydrogens is 482 g/mol. The largest absolute Gasteiger partial charge is 0.507 e. The molecule has 1 saturated heterocycles. The lowest BCUT2D eigenvalue weighted by Crippen LogP contribution is -2.49. The summed E-state index contributed by atoms with van der Waals surface area (Å²) in [7, 11) is -5.64. The van der Waals surface area contributed by atoms with Crippen molar-refractivity contribution in [1.82, 2.24) is 24.2 Å². The van der Waals surface area contributed by atoms with Gasteiger partial charge in [-0.1, -0.05) is 12.1 Å². The molecule has 3 heterocycles. The Kier molecular flexibility index (Phi) is 5.94. The Morgan fingerprint density at radius 2 is 1.91 bits per heavy atom. The number of Topliss-reactive ketones (excluding diaryl/α,β-unsaturated/α-hetero) is 1. The van der Waals surface area contributed by atoms with Gasteiger partial charge < -0.3 is 25.8 Å². The zero-order chi connectivity index (χ0) is 24.8. The lowest BCUT2D eigenvalue weighted by atomic mass is 10.1. The Morgan fingerprint density at radius 3 is 2.62 bits per heavy atom. The van der Waals surface area contributed by atoms with Crippen molar-refractivity contribution in [1.29, 1.82) is 0 Å². The van der Waals surface area contributed by atoms with E-state index in [-0.39, 0.29) is 17.0 Å². The predicted molar refractivity (Wildman–Crippen MR) is 110 cm³/mol. The smallest absolute Gasteiger partial charge is 0.420 e. The van der Waals surface area contributed by atoms with Gasteiger partial charge >= 0.3 is 5.25 Å². The van der Waals surface area contributed by atoms with E-state index in [1.165, 1.54) is 27.7 Å². The Hall–Kier alpha value is -3.31. The first kappa shape index (κ1) is 23.8. The van der Waals surface area contributed by atoms with Crippen molar-refractivity contribution in [2.24, 2.45) is 0 Å². The van der Waals surface area contributed by atoms with Crippen molar-refractivity contribution in [2.45, 2.75) is 29.8 Å². The number of nitrogen functional groups attached to an aromatic ring is 1. The number of ketones is 1. The number of carbonyl (C=O) groups is 1. The normalized spacial score (nSPS) is 23.4. The number of rotatable bonds is 7. The molecule has 0 saturated carbocycles. The number of aromatic nitrogens is 4. The first-order chi connectivity index (χ1) is 16.0. The molecule has 0 spiro atoms. The second-order valence-electron chi connectivity index (χ2n) is 7.34. The minimum absolute atomic E-state index is 0.0393. The number of phenols is 1. The van der Waals surface area contributed by atoms with Crippen LogP contribution in [-0.2, 0) is 14.8 Å². The average Bonchev–Trinajstić information content (AvgIpc) is 3.34. The van der Waals surface area contributed by atoms with Crippen molar-refractivity contribution in [2.75, 3.05) is 12.3 Å². The number of aromatic hydroxyl groups is 1. The van der Waals surface area contributed by atoms with Crippen LogP contribution in [0.4, 0.5) is 14.6 Å². The molecule has 6 N–H and O–H groups in total. The van der Waals surface area contributed by atoms with Crippen LogP contribution in [0.2, 0.25) is 0 Å². The molecule has 0 unspecified atom stereocenters. The Balaban J connectivity index is 1.51. The number of carbonyl (C=O) groups excluding carboxylic acids is 1. The number of fused-ring (bicyclic) bond motifs is 1. The fraction of sp³-hybridized carbons (Fsp3) is 0.333. The topological polar surface area (TPSA) is 203 Å². The number of nitrogens with one attached hydrogen (secondary N) is 1. The fourth-order valence-electron chi connectivity index (χ4n) is 3.41. The number of aliphatic hydroxyl groups is 2. The number of hydrogen-bond donors (Lipinski definition) is 5. The standard InChI is InChI=1S/C18H18F2N6O7S/c19-18(20,14(30)8-3-1-2-4-9(8)27)34(31,32)25-5-10-12(28)13(29)17(33-10)26-7-24-11-15(21)22-6-23-16(11)26/h1-4,6-7,10,12-13,17,25,27-29H,5H2,(H2,21,22,23)/t10-,12-,13-,17-/m1/s1. The third kappa shape index (κ3) is 3.84. The molecule has 1 fully saturated rings. The minimum Gasteiger partial charge on any atom is -0.507 e. The molecule has 4 rings (SSSR count). The summed E-state index contributed by atoms with van der Waals surface area (Å²) in [5, 5.41) is 25.3. The number of anilines is 1. The van der Waals surface area contributed by atoms with Gasteiger partial charge in [-0.3, -0.25) is 9.36 Å². The highest BCUT2D eigenvalue weighted by molar-refractivity contribution is 7.91. The molecule has 4 atom stereocenters. The van der Waals surface area contributed by atoms with Crippen LogP contribution in [0, 0.1) is 0 Å². The van der Waals surface area contributed by atoms with Crippen molar-refractivity contribution in [3.63, 3.8) is 0 Å². The van der Waals surface area contributed by atoms with Gasteiger partial charge in [0.2, 0.25) is 0 Å². The van der Waals surface area contributed by atoms with Gasteiger partial charge in [-0.05, 0) is 12.1 Å². The van der Waals surface area contributed by atoms with E-state index in [2.05, 4.69) is 15.0 Å². The first-order valence-electron chi connectivity index (χ1n) is 9.60. The summed E-state index contributed by atoms with van der Waals surface area (Å²) in [5.41, 5.74) is 5.13. The van der Waals surface area contributed by atoms with Crippen LogP contribution in [0.3, 0.4) is 0 Å². The second-order valence-corrected chi connectivity index (χ2v) is 9.15. The van der Waals surface area contributed by atoms with E-state index >= 15 is 0 Å². The number of ether oxygens (including phenoxy) is 1. The van der Waals surface area contributed by atoms with E-state index in [1.54, 1.807) is 0 Å². The highest BCUT2D eigenvalue weighted by Gasteiger charge is 2.54. The third-order valence-corrected chi connectivity index (χ3v) is 6.63. The predicted octanol–water partition coefficient (Wildman–Crippen LogP) is -0.872. The molecule has 0 bridgehead atoms. The number of imidazole rings is 1. The second kappa shape index (κ2) is 8.48. The molecule has 3 aromatic rings. The van der Waals surface area contributed by atoms with E-state index in [0.29, 0.717) is 0 Å². The number of aliphatic hydroxyl groups excluding tert-OH is 2. The van der Waals surface area contributed by atoms with E-state index in [9.17, 15) is 37.3 Å². The summed E-state index contributed by atoms with van der Waals surface area (Å²) in [6.07, 6.45) is -3.79. The van der Waals surface area contributed by atoms with Crippen LogP contribution in [0.25, 0.3) is 11.2 Å². The van der Waals surface area contributed by atoms with Crippen molar-refractivity contribution < 1.29 is 42.0 Å². The van der Waals surface area contributed by atoms with Gasteiger partial charge in [0.05, 0.1) is 11.9 Å². The molecule has 1 aromatic carbocycles. The molecule has 16 heteroatoms. The van der Waals surface area contributed by atoms with Crippen molar-refractivity contribution in [3.8, 4) is 5.75 Å². The van der Waals surface area contributed by atoms with Gasteiger partial charge in [0.25, 0.3) is 15.8 Å². The van der Waals surface area contributed by atoms with Crippen molar-refractivity contribution >= 4 is 32.8 Å². The molecule has 182 valence electrons. The number of alkyl halides is 2. The maximum Gasteiger partial charge on any atom is 0.420 e. The van der Waals surface area contributed by atoms with Crippen LogP contribution in [0.1, 0.15) is 16.6 Å². The van der Waals surface area contributed by atoms with Gasteiger partial charge in [0, 0.05) is 6.54 Å². The molecule has 1 aliphatic rings. The Labute approximate surface area is 189 Å². The molecule has 1 aliphatic heterocycles. The number of sulfonamides is 1. The van der Waals surface area contributed by atoms with Gasteiger partial charge in [0.1, 0.15) is 35.9 Å². The lowest BCUT2D eigenvalue weighted by molar-refractivity contribution is -0.0331. The minimum atomic E-state index is -5.64. The molecule has 2 aromatic heterocycles. The summed E-state index contributed by atoms with van der Waals surface area (Å²) in [4.78, 5) is 23.9.